The van der Waals surface area contributed by atoms with Crippen LogP contribution in [0.25, 0.3) is 0 Å². The highest BCUT2D eigenvalue weighted by molar-refractivity contribution is 5.95. The number of carboxylic acids is 1. The summed E-state index contributed by atoms with van der Waals surface area (Å²) in [5.74, 6) is -4.24. The number of unbranched alkanes of at least 4 members (excludes halogenated alkanes) is 15. The van der Waals surface area contributed by atoms with Crippen LogP contribution < -0.4 is 32.3 Å². The van der Waals surface area contributed by atoms with Gasteiger partial charge < -0.3 is 66.5 Å². The van der Waals surface area contributed by atoms with Crippen LogP contribution in [0.15, 0.2) is 24.9 Å². The standard InChI is InChI=1S/C57H100N8O14/c1-5-6-7-8-9-10-11-12-13-14-15-16-17-18-19-22-47(67)37-45(56(74)75)25-27-52(70)61-29-31-76-33-36-79-42-54(72)62-30-32-77-34-35-78-41-53(71)60-28-21-20-23-49(50(68)26-24-44(2)66)63-40-51(69)57(3,4)65-55(73)48(58)38-46-39-59-43-64-46/h39,43,45,48-49,63,66H,2,5-38,40-42,58H2,1,3-4H3,(H,59,64)(H,60,71)(H,61,70)(H,62,72)(H,65,73)(H,74,75)/t45-,48+,49+/m1/s1. The molecule has 0 aromatic carbocycles. The molecule has 10 N–H and O–H groups in total. The summed E-state index contributed by atoms with van der Waals surface area (Å²) in [5.41, 5.74) is 5.42. The molecule has 452 valence electrons. The topological polar surface area (TPSA) is 329 Å². The Morgan fingerprint density at radius 3 is 1.71 bits per heavy atom. The fourth-order valence-corrected chi connectivity index (χ4v) is 8.33. The Kier molecular flexibility index (Phi) is 42.4. The smallest absolute Gasteiger partial charge is 0.306 e. The van der Waals surface area contributed by atoms with Gasteiger partial charge in [-0.1, -0.05) is 103 Å². The average molecular weight is 1120 g/mol. The fourth-order valence-electron chi connectivity index (χ4n) is 8.33. The number of aliphatic hydroxyl groups excluding tert-OH is 1. The number of H-pyrrole nitrogens is 1. The maximum Gasteiger partial charge on any atom is 0.306 e. The lowest BCUT2D eigenvalue weighted by Crippen LogP contribution is -2.57. The number of Topliss-reactive ketones (excluding diaryl/α,β-unsaturated/α-hetero) is 3. The molecule has 0 aliphatic heterocycles. The van der Waals surface area contributed by atoms with Crippen molar-refractivity contribution in [2.75, 3.05) is 79.0 Å². The first kappa shape index (κ1) is 71.9. The van der Waals surface area contributed by atoms with E-state index in [1.54, 1.807) is 20.0 Å². The second-order valence-electron chi connectivity index (χ2n) is 20.8. The quantitative estimate of drug-likeness (QED) is 0.0291. The molecule has 0 saturated carbocycles. The predicted molar refractivity (Wildman–Crippen MR) is 301 cm³/mol. The van der Waals surface area contributed by atoms with Gasteiger partial charge in [0.2, 0.25) is 23.6 Å². The summed E-state index contributed by atoms with van der Waals surface area (Å²) < 4.78 is 21.6. The van der Waals surface area contributed by atoms with Crippen molar-refractivity contribution >= 4 is 46.9 Å². The number of allylic oxidation sites excluding steroid dienone is 1. The maximum atomic E-state index is 13.1. The second-order valence-corrected chi connectivity index (χ2v) is 20.8. The highest BCUT2D eigenvalue weighted by atomic mass is 16.5. The summed E-state index contributed by atoms with van der Waals surface area (Å²) in [4.78, 5) is 107. The Labute approximate surface area is 469 Å². The van der Waals surface area contributed by atoms with Gasteiger partial charge in [-0.15, -0.1) is 0 Å². The number of hydrogen-bond donors (Lipinski definition) is 9. The van der Waals surface area contributed by atoms with Crippen molar-refractivity contribution in [3.8, 4) is 0 Å². The van der Waals surface area contributed by atoms with Gasteiger partial charge in [0.25, 0.3) is 0 Å². The van der Waals surface area contributed by atoms with Gasteiger partial charge in [-0.25, -0.2) is 4.98 Å². The number of amides is 4. The van der Waals surface area contributed by atoms with Crippen molar-refractivity contribution in [2.45, 2.75) is 199 Å². The van der Waals surface area contributed by atoms with Crippen molar-refractivity contribution in [2.24, 2.45) is 11.7 Å². The Balaban J connectivity index is 2.07. The SMILES string of the molecule is C=C(O)CCC(=O)[C@H](CCCCNC(=O)COCCOCCNC(=O)COCCOCCNC(=O)CC[C@H](CC(=O)CCCCCCCCCCCCCCCCC)C(=O)O)NCC(=O)C(C)(C)NC(=O)[C@@H](N)Cc1cnc[nH]1. The first-order valence-electron chi connectivity index (χ1n) is 29.0. The van der Waals surface area contributed by atoms with Crippen LogP contribution in [-0.4, -0.2) is 164 Å². The molecule has 0 aliphatic carbocycles. The maximum absolute atomic E-state index is 13.1. The van der Waals surface area contributed by atoms with Crippen LogP contribution in [0.4, 0.5) is 0 Å². The lowest BCUT2D eigenvalue weighted by Gasteiger charge is -2.27. The third-order valence-corrected chi connectivity index (χ3v) is 13.2. The summed E-state index contributed by atoms with van der Waals surface area (Å²) in [6, 6.07) is -1.62. The molecule has 0 aliphatic rings. The fraction of sp³-hybridized carbons (Fsp3) is 0.772. The number of nitrogens with zero attached hydrogens (tertiary/aromatic N) is 1. The van der Waals surface area contributed by atoms with Gasteiger partial charge in [0.1, 0.15) is 24.8 Å². The van der Waals surface area contributed by atoms with Crippen LogP contribution in [0.1, 0.15) is 181 Å². The number of carbonyl (C=O) groups is 8. The van der Waals surface area contributed by atoms with Gasteiger partial charge in [0.05, 0.1) is 81.8 Å². The first-order chi connectivity index (χ1) is 37.9. The molecule has 0 spiro atoms. The molecular formula is C57H100N8O14. The zero-order chi connectivity index (χ0) is 58.4. The molecule has 1 aromatic rings. The molecule has 22 heteroatoms. The summed E-state index contributed by atoms with van der Waals surface area (Å²) in [6.45, 7) is 10.1. The number of hydrogen-bond acceptors (Lipinski definition) is 16. The van der Waals surface area contributed by atoms with Crippen LogP contribution in [0, 0.1) is 5.92 Å². The molecule has 4 amide bonds. The minimum atomic E-state index is -1.28. The number of rotatable bonds is 55. The molecule has 0 saturated heterocycles. The van der Waals surface area contributed by atoms with E-state index in [-0.39, 0.29) is 152 Å². The number of aliphatic hydroxyl groups is 1. The molecule has 0 fully saturated rings. The number of carboxylic acid groups (broad SMARTS) is 1. The Morgan fingerprint density at radius 2 is 1.18 bits per heavy atom. The largest absolute Gasteiger partial charge is 0.513 e. The van der Waals surface area contributed by atoms with E-state index >= 15 is 0 Å². The highest BCUT2D eigenvalue weighted by Gasteiger charge is 2.32. The molecule has 0 radical (unpaired) electrons. The molecule has 0 bridgehead atoms. The summed E-state index contributed by atoms with van der Waals surface area (Å²) >= 11 is 0. The number of aromatic amines is 1. The molecule has 0 unspecified atom stereocenters. The van der Waals surface area contributed by atoms with Gasteiger partial charge in [0, 0.05) is 70.0 Å². The normalized spacial score (nSPS) is 12.6. The number of imidazole rings is 1. The molecule has 1 aromatic heterocycles. The van der Waals surface area contributed by atoms with Gasteiger partial charge in [-0.3, -0.25) is 38.4 Å². The highest BCUT2D eigenvalue weighted by Crippen LogP contribution is 2.17. The minimum Gasteiger partial charge on any atom is -0.513 e. The number of nitrogens with one attached hydrogen (secondary N) is 6. The van der Waals surface area contributed by atoms with E-state index in [1.807, 2.05) is 0 Å². The van der Waals surface area contributed by atoms with E-state index in [4.69, 9.17) is 24.7 Å². The van der Waals surface area contributed by atoms with Crippen molar-refractivity contribution < 1.29 is 67.5 Å². The van der Waals surface area contributed by atoms with E-state index in [0.29, 0.717) is 37.9 Å². The number of nitrogens with two attached hydrogens (primary N) is 1. The van der Waals surface area contributed by atoms with E-state index < -0.39 is 35.4 Å². The Hall–Kier alpha value is -5.13. The first-order valence-corrected chi connectivity index (χ1v) is 29.0. The molecular weight excluding hydrogens is 1020 g/mol. The third kappa shape index (κ3) is 40.7. The lowest BCUT2D eigenvalue weighted by molar-refractivity contribution is -0.144. The number of ketones is 3. The van der Waals surface area contributed by atoms with Crippen LogP contribution >= 0.6 is 0 Å². The van der Waals surface area contributed by atoms with E-state index in [0.717, 1.165) is 19.3 Å². The van der Waals surface area contributed by atoms with Gasteiger partial charge in [0.15, 0.2) is 5.78 Å². The van der Waals surface area contributed by atoms with Crippen molar-refractivity contribution in [1.82, 2.24) is 36.6 Å². The second kappa shape index (κ2) is 46.6. The number of aromatic nitrogens is 2. The van der Waals surface area contributed by atoms with E-state index in [1.165, 1.54) is 83.4 Å². The van der Waals surface area contributed by atoms with E-state index in [2.05, 4.69) is 50.1 Å². The van der Waals surface area contributed by atoms with Crippen molar-refractivity contribution in [3.05, 3.63) is 30.6 Å². The Morgan fingerprint density at radius 1 is 0.646 bits per heavy atom. The average Bonchev–Trinajstić information content (AvgIpc) is 3.93. The van der Waals surface area contributed by atoms with Crippen molar-refractivity contribution in [3.63, 3.8) is 0 Å². The molecule has 1 heterocycles. The van der Waals surface area contributed by atoms with Crippen LogP contribution in [0.3, 0.4) is 0 Å². The van der Waals surface area contributed by atoms with Crippen LogP contribution in [0.5, 0.6) is 0 Å². The van der Waals surface area contributed by atoms with Crippen molar-refractivity contribution in [1.29, 1.82) is 0 Å². The van der Waals surface area contributed by atoms with E-state index in [9.17, 15) is 48.6 Å². The molecule has 3 atom stereocenters. The van der Waals surface area contributed by atoms with Gasteiger partial charge >= 0.3 is 5.97 Å². The summed E-state index contributed by atoms with van der Waals surface area (Å²) in [7, 11) is 0. The van der Waals surface area contributed by atoms with Crippen LogP contribution in [-0.2, 0) is 63.7 Å². The number of ether oxygens (including phenoxy) is 4. The number of carbonyl (C=O) groups excluding carboxylic acids is 7. The number of aliphatic carboxylic acids is 1. The third-order valence-electron chi connectivity index (χ3n) is 13.2. The van der Waals surface area contributed by atoms with Gasteiger partial charge in [-0.2, -0.15) is 0 Å². The molecule has 1 rings (SSSR count). The van der Waals surface area contributed by atoms with Gasteiger partial charge in [-0.05, 0) is 46.0 Å². The Bertz CT molecular complexity index is 1870. The molecule has 79 heavy (non-hydrogen) atoms. The summed E-state index contributed by atoms with van der Waals surface area (Å²) in [6.07, 6.45) is 23.7. The molecule has 22 nitrogen and oxygen atoms in total. The minimum absolute atomic E-state index is 0.00613. The lowest BCUT2D eigenvalue weighted by atomic mass is 9.94. The zero-order valence-corrected chi connectivity index (χ0v) is 48.1. The predicted octanol–water partition coefficient (Wildman–Crippen LogP) is 5.41. The zero-order valence-electron chi connectivity index (χ0n) is 48.1. The monoisotopic (exact) mass is 1120 g/mol. The van der Waals surface area contributed by atoms with Crippen LogP contribution in [0.2, 0.25) is 0 Å². The summed E-state index contributed by atoms with van der Waals surface area (Å²) in [5, 5.41) is 32.9.